The quantitative estimate of drug-likeness (QED) is 0.112. The van der Waals surface area contributed by atoms with Gasteiger partial charge in [-0.25, -0.2) is 22.8 Å². The van der Waals surface area contributed by atoms with Gasteiger partial charge < -0.3 is 48.7 Å². The van der Waals surface area contributed by atoms with Crippen LogP contribution in [0.3, 0.4) is 0 Å². The number of esters is 2. The van der Waals surface area contributed by atoms with Crippen molar-refractivity contribution in [1.29, 1.82) is 0 Å². The molecule has 16 nitrogen and oxygen atoms in total. The summed E-state index contributed by atoms with van der Waals surface area (Å²) in [5.74, 6) is -5.40. The number of nitrogens with zero attached hydrogens (tertiary/aromatic N) is 1. The number of anilines is 1. The number of halogens is 3. The maximum Gasteiger partial charge on any atom is 0.411 e. The minimum atomic E-state index is -2.43. The van der Waals surface area contributed by atoms with Crippen molar-refractivity contribution in [2.75, 3.05) is 33.2 Å². The minimum absolute atomic E-state index is 0.0307. The number of fused-ring (bicyclic) bond motifs is 7. The first-order chi connectivity index (χ1) is 32.1. The van der Waals surface area contributed by atoms with Gasteiger partial charge in [-0.15, -0.1) is 0 Å². The van der Waals surface area contributed by atoms with Crippen molar-refractivity contribution in [1.82, 2.24) is 4.90 Å². The summed E-state index contributed by atoms with van der Waals surface area (Å²) in [5.41, 5.74) is -0.208. The van der Waals surface area contributed by atoms with E-state index in [-0.39, 0.29) is 60.3 Å². The number of amides is 1. The second-order valence-corrected chi connectivity index (χ2v) is 19.3. The molecule has 0 bridgehead atoms. The normalized spacial score (nSPS) is 38.0. The lowest BCUT2D eigenvalue weighted by atomic mass is 9.44. The molecule has 2 aromatic rings. The molecule has 8 rings (SSSR count). The molecule has 2 aromatic carbocycles. The van der Waals surface area contributed by atoms with Crippen LogP contribution >= 0.6 is 0 Å². The molecule has 6 aliphatic rings. The number of methoxy groups -OCH3 is 1. The largest absolute Gasteiger partial charge is 0.467 e. The number of benzene rings is 2. The van der Waals surface area contributed by atoms with Gasteiger partial charge in [0, 0.05) is 42.2 Å². The fourth-order valence-corrected chi connectivity index (χ4v) is 11.9. The van der Waals surface area contributed by atoms with Crippen molar-refractivity contribution >= 4 is 35.3 Å². The second-order valence-electron chi connectivity index (χ2n) is 19.3. The van der Waals surface area contributed by atoms with Gasteiger partial charge in [0.2, 0.25) is 6.29 Å². The van der Waals surface area contributed by atoms with E-state index in [1.807, 2.05) is 0 Å². The van der Waals surface area contributed by atoms with Gasteiger partial charge in [0.1, 0.15) is 37.7 Å². The first-order valence-corrected chi connectivity index (χ1v) is 22.6. The number of Topliss-reactive ketones (excluding diaryl/α,β-unsaturated/α-hetero) is 1. The molecule has 2 saturated heterocycles. The number of ketones is 2. The Morgan fingerprint density at radius 1 is 1.03 bits per heavy atom. The van der Waals surface area contributed by atoms with Crippen molar-refractivity contribution < 1.29 is 80.1 Å². The fraction of sp³-hybridized carbons (Fsp3) is 0.571. The van der Waals surface area contributed by atoms with Gasteiger partial charge in [0.05, 0.1) is 25.0 Å². The summed E-state index contributed by atoms with van der Waals surface area (Å²) < 4.78 is 95.3. The first kappa shape index (κ1) is 49.1. The van der Waals surface area contributed by atoms with Gasteiger partial charge >= 0.3 is 18.0 Å². The highest BCUT2D eigenvalue weighted by Crippen LogP contribution is 2.72. The van der Waals surface area contributed by atoms with E-state index in [9.17, 15) is 33.5 Å². The van der Waals surface area contributed by atoms with E-state index in [4.69, 9.17) is 43.6 Å². The van der Waals surface area contributed by atoms with Crippen LogP contribution in [0.4, 0.5) is 23.7 Å². The summed E-state index contributed by atoms with van der Waals surface area (Å²) in [6.07, 6.45) is -6.70. The number of nitrogens with two attached hydrogens (primary N) is 1. The molecule has 1 amide bonds. The first-order valence-electron chi connectivity index (χ1n) is 22.6. The molecule has 0 aromatic heterocycles. The van der Waals surface area contributed by atoms with E-state index in [1.165, 1.54) is 70.5 Å². The van der Waals surface area contributed by atoms with Crippen LogP contribution in [-0.4, -0.2) is 115 Å². The zero-order valence-electron chi connectivity index (χ0n) is 38.8. The molecule has 68 heavy (non-hydrogen) atoms. The molecule has 3 saturated carbocycles. The summed E-state index contributed by atoms with van der Waals surface area (Å²) in [7, 11) is 2.61. The summed E-state index contributed by atoms with van der Waals surface area (Å²) in [5, 5.41) is 12.0. The lowest BCUT2D eigenvalue weighted by Crippen LogP contribution is -2.70. The van der Waals surface area contributed by atoms with Crippen LogP contribution in [0, 0.1) is 40.3 Å². The number of alkyl halides is 2. The van der Waals surface area contributed by atoms with Crippen LogP contribution in [0.15, 0.2) is 66.3 Å². The van der Waals surface area contributed by atoms with Crippen LogP contribution in [0.5, 0.6) is 5.75 Å². The van der Waals surface area contributed by atoms with Gasteiger partial charge in [-0.2, -0.15) is 0 Å². The highest BCUT2D eigenvalue weighted by Gasteiger charge is 2.80. The van der Waals surface area contributed by atoms with Gasteiger partial charge in [0.25, 0.3) is 0 Å². The maximum absolute atomic E-state index is 18.0. The molecule has 3 N–H and O–H groups in total. The number of aliphatic hydroxyl groups is 1. The molecule has 15 atom stereocenters. The smallest absolute Gasteiger partial charge is 0.411 e. The molecule has 0 spiro atoms. The van der Waals surface area contributed by atoms with Crippen LogP contribution in [0.25, 0.3) is 0 Å². The Labute approximate surface area is 391 Å². The topological polar surface area (TPSA) is 209 Å². The molecular weight excluding hydrogens is 898 g/mol. The zero-order chi connectivity index (χ0) is 49.2. The summed E-state index contributed by atoms with van der Waals surface area (Å²) in [6, 6.07) is 10.0. The number of allylic oxidation sites excluding steroid dienone is 4. The summed E-state index contributed by atoms with van der Waals surface area (Å²) >= 11 is 0. The van der Waals surface area contributed by atoms with Crippen molar-refractivity contribution in [3.05, 3.63) is 83.2 Å². The summed E-state index contributed by atoms with van der Waals surface area (Å²) in [6.45, 7) is 6.66. The van der Waals surface area contributed by atoms with Gasteiger partial charge in [-0.3, -0.25) is 19.3 Å². The number of ether oxygens (including phenoxy) is 8. The third-order valence-corrected chi connectivity index (χ3v) is 15.5. The molecular formula is C49H57F3N2O14. The van der Waals surface area contributed by atoms with Crippen LogP contribution in [-0.2, 0) is 58.9 Å². The Kier molecular flexibility index (Phi) is 13.1. The van der Waals surface area contributed by atoms with E-state index in [0.717, 1.165) is 11.0 Å². The van der Waals surface area contributed by atoms with Crippen LogP contribution in [0.1, 0.15) is 71.3 Å². The fourth-order valence-electron chi connectivity index (χ4n) is 11.9. The maximum atomic E-state index is 18.0. The Bertz CT molecular complexity index is 2420. The summed E-state index contributed by atoms with van der Waals surface area (Å²) in [4.78, 5) is 65.8. The highest BCUT2D eigenvalue weighted by atomic mass is 19.1. The van der Waals surface area contributed by atoms with Crippen molar-refractivity contribution in [2.24, 2.45) is 34.5 Å². The van der Waals surface area contributed by atoms with Gasteiger partial charge in [-0.1, -0.05) is 45.0 Å². The van der Waals surface area contributed by atoms with Gasteiger partial charge in [0.15, 0.2) is 41.3 Å². The van der Waals surface area contributed by atoms with E-state index in [2.05, 4.69) is 0 Å². The minimum Gasteiger partial charge on any atom is -0.467 e. The molecule has 368 valence electrons. The number of aliphatic hydroxyl groups excluding tert-OH is 1. The number of rotatable bonds is 12. The van der Waals surface area contributed by atoms with Crippen LogP contribution < -0.4 is 10.5 Å². The molecule has 0 unspecified atom stereocenters. The molecule has 0 radical (unpaired) electrons. The molecule has 2 aliphatic heterocycles. The third kappa shape index (κ3) is 7.96. The number of hydrogen-bond donors (Lipinski definition) is 2. The lowest BCUT2D eigenvalue weighted by molar-refractivity contribution is -0.248. The highest BCUT2D eigenvalue weighted by molar-refractivity contribution is 6.01. The SMILES string of the molecule is COC(=O)[C@H]1O[C@@H](Oc2ccc(COC(=O)N(C)COCC(=O)[C@@]34O[C@H](c5cccc(F)c5)O[C@@H]3C[C@H]3[C@@H]5C[C@H](F)C6=CC(=O)C=C[C@]6(C)[C@@]5(F)[C@@H](O)C[C@@]34C)cc2N)[C@H](OC(C)=O)[C@@H](C)[C@@H]1C. The number of nitrogen functional groups attached to an aromatic ring is 1. The van der Waals surface area contributed by atoms with E-state index in [1.54, 1.807) is 32.9 Å². The van der Waals surface area contributed by atoms with Crippen molar-refractivity contribution in [3.63, 3.8) is 0 Å². The molecule has 5 fully saturated rings. The van der Waals surface area contributed by atoms with Gasteiger partial charge in [-0.05, 0) is 85.6 Å². The Hall–Kier alpha value is -5.34. The van der Waals surface area contributed by atoms with Crippen LogP contribution in [0.2, 0.25) is 0 Å². The molecule has 2 heterocycles. The molecule has 19 heteroatoms. The Morgan fingerprint density at radius 3 is 2.47 bits per heavy atom. The monoisotopic (exact) mass is 954 g/mol. The Morgan fingerprint density at radius 2 is 1.78 bits per heavy atom. The average Bonchev–Trinajstić information content (AvgIpc) is 3.80. The lowest BCUT2D eigenvalue weighted by Gasteiger charge is -2.63. The zero-order valence-corrected chi connectivity index (χ0v) is 38.8. The predicted octanol–water partition coefficient (Wildman–Crippen LogP) is 5.78. The second kappa shape index (κ2) is 18.2. The number of carbonyl (C=O) groups excluding carboxylic acids is 5. The third-order valence-electron chi connectivity index (χ3n) is 15.5. The Balaban J connectivity index is 0.938. The van der Waals surface area contributed by atoms with E-state index >= 15 is 8.78 Å². The number of hydrogen-bond acceptors (Lipinski definition) is 15. The standard InChI is InChI=1S/C49H57F3N2O14/c1-24-25(2)41(64-26(3)55)44(67-40(24)42(59)61-7)65-36-12-11-27(15-35(36)53)21-63-45(60)54(6)23-62-22-38(58)49-39(66-43(68-49)28-9-8-10-29(50)16-28)19-31-32-18-34(51)33-17-30(56)13-14-46(33,4)48(32,52)37(57)20-47(31,49)5/h8-17,24-25,31-32,34,37,39-41,43-44,57H,18-23,53H2,1-7H3/t24-,25-,31-,32-,34-,37-,39+,40-,41+,43+,44+,46-,47-,48-,49+/m0/s1. The predicted molar refractivity (Wildman–Crippen MR) is 232 cm³/mol. The van der Waals surface area contributed by atoms with Crippen molar-refractivity contribution in [3.8, 4) is 5.75 Å². The van der Waals surface area contributed by atoms with E-state index in [0.29, 0.717) is 5.56 Å². The average molecular weight is 955 g/mol. The van der Waals surface area contributed by atoms with Crippen molar-refractivity contribution in [2.45, 2.75) is 115 Å². The molecule has 4 aliphatic carbocycles. The van der Waals surface area contributed by atoms with E-state index < -0.39 is 126 Å². The number of carbonyl (C=O) groups is 5.